The van der Waals surface area contributed by atoms with Gasteiger partial charge in [0.05, 0.1) is 28.6 Å². The van der Waals surface area contributed by atoms with Crippen LogP contribution in [0.4, 0.5) is 14.6 Å². The number of carbonyl (C=O) groups excluding carboxylic acids is 2. The van der Waals surface area contributed by atoms with Crippen molar-refractivity contribution in [1.82, 2.24) is 15.1 Å². The van der Waals surface area contributed by atoms with Gasteiger partial charge in [-0.3, -0.25) is 9.59 Å². The molecule has 0 unspecified atom stereocenters. The first-order valence-corrected chi connectivity index (χ1v) is 13.0. The second-order valence-electron chi connectivity index (χ2n) is 8.99. The number of nitrogens with zero attached hydrogens (tertiary/aromatic N) is 3. The van der Waals surface area contributed by atoms with Crippen molar-refractivity contribution in [2.45, 2.75) is 24.8 Å². The highest BCUT2D eigenvalue weighted by Crippen LogP contribution is 2.45. The summed E-state index contributed by atoms with van der Waals surface area (Å²) in [5, 5.41) is 18.9. The molecule has 0 fully saturated rings. The molecule has 0 bridgehead atoms. The number of hydrogen-bond acceptors (Lipinski definition) is 6. The Kier molecular flexibility index (Phi) is 5.40. The van der Waals surface area contributed by atoms with Crippen LogP contribution in [0, 0.1) is 23.0 Å². The Morgan fingerprint density at radius 3 is 2.67 bits per heavy atom. The van der Waals surface area contributed by atoms with Gasteiger partial charge in [0, 0.05) is 24.3 Å². The lowest BCUT2D eigenvalue weighted by atomic mass is 9.82. The normalized spacial score (nSPS) is 18.3. The summed E-state index contributed by atoms with van der Waals surface area (Å²) in [4.78, 5) is 25.9. The maximum atomic E-state index is 14.9. The molecule has 2 aliphatic rings. The second kappa shape index (κ2) is 8.23. The number of aromatic nitrogens is 2. The molecule has 9 nitrogen and oxygen atoms in total. The maximum Gasteiger partial charge on any atom is 0.257 e. The summed E-state index contributed by atoms with van der Waals surface area (Å²) in [5.74, 6) is -3.82. The standard InChI is InChI=1S/C24H19F2N5O4S/c1-36(34,35)12-19(32)28-22-20-18(30-31(22)16-4-2-13(11-27)3-5-16)10-24(29-23(20)33)7-6-14-8-15(25)9-17(26)21(14)24/h2-5,8-9H,6-7,10,12H2,1H3,(H,28,32)(H,29,33)/t24-/m0/s1. The Hall–Kier alpha value is -4.11. The highest BCUT2D eigenvalue weighted by molar-refractivity contribution is 7.91. The van der Waals surface area contributed by atoms with Crippen LogP contribution in [0.3, 0.4) is 0 Å². The van der Waals surface area contributed by atoms with E-state index in [2.05, 4.69) is 15.7 Å². The second-order valence-corrected chi connectivity index (χ2v) is 11.1. The van der Waals surface area contributed by atoms with Gasteiger partial charge in [0.15, 0.2) is 9.84 Å². The third-order valence-electron chi connectivity index (χ3n) is 6.34. The SMILES string of the molecule is CS(=O)(=O)CC(=O)Nc1c2c(nn1-c1ccc(C#N)cc1)C[C@]1(CCc3cc(F)cc(F)c31)NC2=O. The monoisotopic (exact) mass is 511 g/mol. The summed E-state index contributed by atoms with van der Waals surface area (Å²) in [5.41, 5.74) is 0.579. The average molecular weight is 512 g/mol. The van der Waals surface area contributed by atoms with Gasteiger partial charge in [0.2, 0.25) is 5.91 Å². The first-order valence-electron chi connectivity index (χ1n) is 10.9. The van der Waals surface area contributed by atoms with E-state index in [0.29, 0.717) is 29.7 Å². The van der Waals surface area contributed by atoms with Crippen LogP contribution in [0.15, 0.2) is 36.4 Å². The van der Waals surface area contributed by atoms with Crippen molar-refractivity contribution in [3.8, 4) is 11.8 Å². The third kappa shape index (κ3) is 4.01. The fourth-order valence-corrected chi connectivity index (χ4v) is 5.50. The third-order valence-corrected chi connectivity index (χ3v) is 7.12. The number of halogens is 2. The van der Waals surface area contributed by atoms with Crippen LogP contribution in [0.25, 0.3) is 5.69 Å². The van der Waals surface area contributed by atoms with E-state index in [1.807, 2.05) is 6.07 Å². The number of hydrogen-bond donors (Lipinski definition) is 2. The lowest BCUT2D eigenvalue weighted by Gasteiger charge is -2.35. The van der Waals surface area contributed by atoms with Crippen LogP contribution in [0.5, 0.6) is 0 Å². The molecule has 184 valence electrons. The number of fused-ring (bicyclic) bond motifs is 3. The van der Waals surface area contributed by atoms with Crippen LogP contribution in [-0.2, 0) is 33.0 Å². The average Bonchev–Trinajstić information content (AvgIpc) is 3.31. The van der Waals surface area contributed by atoms with Gasteiger partial charge in [-0.25, -0.2) is 21.9 Å². The topological polar surface area (TPSA) is 134 Å². The zero-order chi connectivity index (χ0) is 25.8. The summed E-state index contributed by atoms with van der Waals surface area (Å²) in [6, 6.07) is 10.2. The molecular weight excluding hydrogens is 492 g/mol. The molecule has 0 saturated heterocycles. The van der Waals surface area contributed by atoms with E-state index >= 15 is 0 Å². The van der Waals surface area contributed by atoms with E-state index in [4.69, 9.17) is 5.26 Å². The first kappa shape index (κ1) is 23.6. The van der Waals surface area contributed by atoms with Crippen LogP contribution >= 0.6 is 0 Å². The number of nitriles is 1. The summed E-state index contributed by atoms with van der Waals surface area (Å²) in [6.07, 6.45) is 1.66. The van der Waals surface area contributed by atoms with E-state index in [1.165, 1.54) is 22.9 Å². The Balaban J connectivity index is 1.63. The van der Waals surface area contributed by atoms with Crippen molar-refractivity contribution in [1.29, 1.82) is 5.26 Å². The number of aryl methyl sites for hydroxylation is 1. The number of carbonyl (C=O) groups is 2. The highest BCUT2D eigenvalue weighted by Gasteiger charge is 2.48. The quantitative estimate of drug-likeness (QED) is 0.551. The number of anilines is 1. The van der Waals surface area contributed by atoms with E-state index in [9.17, 15) is 26.8 Å². The van der Waals surface area contributed by atoms with Crippen molar-refractivity contribution in [2.24, 2.45) is 0 Å². The lowest BCUT2D eigenvalue weighted by molar-refractivity contribution is -0.113. The molecule has 12 heteroatoms. The molecule has 2 heterocycles. The Labute approximate surface area is 204 Å². The highest BCUT2D eigenvalue weighted by atomic mass is 32.2. The smallest absolute Gasteiger partial charge is 0.257 e. The summed E-state index contributed by atoms with van der Waals surface area (Å²) in [6.45, 7) is 0. The van der Waals surface area contributed by atoms with Gasteiger partial charge in [0.1, 0.15) is 28.8 Å². The van der Waals surface area contributed by atoms with Crippen LogP contribution in [0.2, 0.25) is 0 Å². The summed E-state index contributed by atoms with van der Waals surface area (Å²) >= 11 is 0. The Morgan fingerprint density at radius 1 is 1.28 bits per heavy atom. The van der Waals surface area contributed by atoms with E-state index in [-0.39, 0.29) is 29.1 Å². The molecule has 1 aromatic heterocycles. The predicted molar refractivity (Wildman–Crippen MR) is 124 cm³/mol. The van der Waals surface area contributed by atoms with Crippen molar-refractivity contribution in [3.05, 3.63) is 76.0 Å². The van der Waals surface area contributed by atoms with Gasteiger partial charge in [-0.15, -0.1) is 0 Å². The molecule has 1 aliphatic heterocycles. The lowest BCUT2D eigenvalue weighted by Crippen LogP contribution is -2.50. The first-order chi connectivity index (χ1) is 17.0. The molecule has 3 aromatic rings. The Morgan fingerprint density at radius 2 is 2.00 bits per heavy atom. The van der Waals surface area contributed by atoms with Crippen LogP contribution in [-0.4, -0.2) is 42.0 Å². The number of nitrogens with one attached hydrogen (secondary N) is 2. The van der Waals surface area contributed by atoms with Gasteiger partial charge < -0.3 is 10.6 Å². The molecule has 2 aromatic carbocycles. The van der Waals surface area contributed by atoms with Gasteiger partial charge in [-0.2, -0.15) is 10.4 Å². The molecule has 2 amide bonds. The summed E-state index contributed by atoms with van der Waals surface area (Å²) in [7, 11) is -3.66. The zero-order valence-electron chi connectivity index (χ0n) is 18.9. The van der Waals surface area contributed by atoms with Gasteiger partial charge in [-0.1, -0.05) is 0 Å². The van der Waals surface area contributed by atoms with Gasteiger partial charge in [0.25, 0.3) is 5.91 Å². The largest absolute Gasteiger partial charge is 0.342 e. The van der Waals surface area contributed by atoms with E-state index < -0.39 is 44.6 Å². The molecule has 0 radical (unpaired) electrons. The minimum atomic E-state index is -3.66. The van der Waals surface area contributed by atoms with Crippen LogP contribution < -0.4 is 10.6 Å². The van der Waals surface area contributed by atoms with Crippen molar-refractivity contribution < 1.29 is 26.8 Å². The molecule has 36 heavy (non-hydrogen) atoms. The fraction of sp³-hybridized carbons (Fsp3) is 0.250. The van der Waals surface area contributed by atoms with Crippen molar-refractivity contribution in [2.75, 3.05) is 17.3 Å². The maximum absolute atomic E-state index is 14.9. The molecule has 1 atom stereocenters. The molecule has 1 aliphatic carbocycles. The summed E-state index contributed by atoms with van der Waals surface area (Å²) < 4.78 is 53.2. The number of benzene rings is 2. The Bertz CT molecular complexity index is 1590. The van der Waals surface area contributed by atoms with E-state index in [0.717, 1.165) is 12.3 Å². The number of sulfone groups is 1. The van der Waals surface area contributed by atoms with Gasteiger partial charge in [-0.05, 0) is 48.7 Å². The predicted octanol–water partition coefficient (Wildman–Crippen LogP) is 2.13. The molecule has 1 spiro atoms. The van der Waals surface area contributed by atoms with Gasteiger partial charge >= 0.3 is 0 Å². The van der Waals surface area contributed by atoms with E-state index in [1.54, 1.807) is 12.1 Å². The molecule has 5 rings (SSSR count). The zero-order valence-corrected chi connectivity index (χ0v) is 19.7. The number of amides is 2. The molecular formula is C24H19F2N5O4S. The van der Waals surface area contributed by atoms with Crippen molar-refractivity contribution >= 4 is 27.5 Å². The molecule has 0 saturated carbocycles. The van der Waals surface area contributed by atoms with Crippen molar-refractivity contribution in [3.63, 3.8) is 0 Å². The van der Waals surface area contributed by atoms with Crippen LogP contribution in [0.1, 0.15) is 39.2 Å². The molecule has 2 N–H and O–H groups in total. The minimum Gasteiger partial charge on any atom is -0.342 e. The fourth-order valence-electron chi connectivity index (χ4n) is 4.96. The number of rotatable bonds is 4. The minimum absolute atomic E-state index is 0.0165.